The molecule has 2 rings (SSSR count). The first-order valence-corrected chi connectivity index (χ1v) is 8.45. The van der Waals surface area contributed by atoms with E-state index < -0.39 is 0 Å². The van der Waals surface area contributed by atoms with E-state index in [1.165, 1.54) is 11.3 Å². The summed E-state index contributed by atoms with van der Waals surface area (Å²) >= 11 is 1.39. The van der Waals surface area contributed by atoms with E-state index in [0.717, 1.165) is 11.4 Å². The molecule has 5 nitrogen and oxygen atoms in total. The first kappa shape index (κ1) is 17.1. The lowest BCUT2D eigenvalue weighted by Gasteiger charge is -2.08. The maximum absolute atomic E-state index is 12.1. The fourth-order valence-electron chi connectivity index (χ4n) is 1.88. The monoisotopic (exact) mass is 331 g/mol. The Balaban J connectivity index is 1.96. The van der Waals surface area contributed by atoms with Gasteiger partial charge in [-0.1, -0.05) is 20.8 Å². The van der Waals surface area contributed by atoms with Crippen molar-refractivity contribution in [3.05, 3.63) is 45.9 Å². The number of amides is 2. The van der Waals surface area contributed by atoms with Crippen molar-refractivity contribution in [2.75, 3.05) is 11.9 Å². The molecule has 0 atom stereocenters. The van der Waals surface area contributed by atoms with Crippen LogP contribution < -0.4 is 10.6 Å². The number of anilines is 1. The molecule has 1 heterocycles. The van der Waals surface area contributed by atoms with Crippen LogP contribution in [0.25, 0.3) is 0 Å². The van der Waals surface area contributed by atoms with E-state index in [-0.39, 0.29) is 11.8 Å². The predicted octanol–water partition coefficient (Wildman–Crippen LogP) is 3.34. The lowest BCUT2D eigenvalue weighted by Crippen LogP contribution is -2.27. The molecule has 0 fully saturated rings. The van der Waals surface area contributed by atoms with Gasteiger partial charge in [-0.2, -0.15) is 0 Å². The molecule has 2 aromatic rings. The maximum atomic E-state index is 12.1. The quantitative estimate of drug-likeness (QED) is 0.853. The zero-order valence-electron chi connectivity index (χ0n) is 13.6. The SMILES string of the molecule is CCc1ncc(C(=O)Nc2ccc(C(=O)NCC(C)C)cc2)s1. The molecule has 2 N–H and O–H groups in total. The first-order chi connectivity index (χ1) is 11.0. The van der Waals surface area contributed by atoms with Crippen molar-refractivity contribution >= 4 is 28.8 Å². The van der Waals surface area contributed by atoms with Gasteiger partial charge in [0, 0.05) is 17.8 Å². The molecule has 0 radical (unpaired) electrons. The molecular formula is C17H21N3O2S. The van der Waals surface area contributed by atoms with Gasteiger partial charge < -0.3 is 10.6 Å². The number of rotatable bonds is 6. The second-order valence-corrected chi connectivity index (χ2v) is 6.72. The van der Waals surface area contributed by atoms with Gasteiger partial charge in [-0.25, -0.2) is 4.98 Å². The van der Waals surface area contributed by atoms with Crippen molar-refractivity contribution in [1.82, 2.24) is 10.3 Å². The third kappa shape index (κ3) is 4.89. The van der Waals surface area contributed by atoms with Gasteiger partial charge >= 0.3 is 0 Å². The largest absolute Gasteiger partial charge is 0.352 e. The van der Waals surface area contributed by atoms with Crippen molar-refractivity contribution in [2.45, 2.75) is 27.2 Å². The summed E-state index contributed by atoms with van der Waals surface area (Å²) < 4.78 is 0. The van der Waals surface area contributed by atoms with E-state index in [1.807, 2.05) is 20.8 Å². The highest BCUT2D eigenvalue weighted by Gasteiger charge is 2.11. The number of thiazole rings is 1. The third-order valence-corrected chi connectivity index (χ3v) is 4.30. The number of nitrogens with zero attached hydrogens (tertiary/aromatic N) is 1. The molecule has 1 aromatic heterocycles. The molecule has 0 aliphatic carbocycles. The summed E-state index contributed by atoms with van der Waals surface area (Å²) in [5.41, 5.74) is 1.23. The number of hydrogen-bond acceptors (Lipinski definition) is 4. The summed E-state index contributed by atoms with van der Waals surface area (Å²) in [6.45, 7) is 6.73. The van der Waals surface area contributed by atoms with Crippen molar-refractivity contribution in [2.24, 2.45) is 5.92 Å². The third-order valence-electron chi connectivity index (χ3n) is 3.16. The van der Waals surface area contributed by atoms with E-state index in [4.69, 9.17) is 0 Å². The van der Waals surface area contributed by atoms with Crippen molar-refractivity contribution in [3.8, 4) is 0 Å². The smallest absolute Gasteiger partial charge is 0.267 e. The summed E-state index contributed by atoms with van der Waals surface area (Å²) in [6, 6.07) is 6.86. The van der Waals surface area contributed by atoms with Crippen LogP contribution in [0.5, 0.6) is 0 Å². The number of benzene rings is 1. The highest BCUT2D eigenvalue weighted by Crippen LogP contribution is 2.16. The van der Waals surface area contributed by atoms with Crippen molar-refractivity contribution < 1.29 is 9.59 Å². The number of aryl methyl sites for hydroxylation is 1. The maximum Gasteiger partial charge on any atom is 0.267 e. The molecule has 2 amide bonds. The number of carbonyl (C=O) groups excluding carboxylic acids is 2. The summed E-state index contributed by atoms with van der Waals surface area (Å²) in [5, 5.41) is 6.61. The Hall–Kier alpha value is -2.21. The van der Waals surface area contributed by atoms with E-state index in [9.17, 15) is 9.59 Å². The number of hydrogen-bond donors (Lipinski definition) is 2. The van der Waals surface area contributed by atoms with Crippen LogP contribution in [-0.2, 0) is 6.42 Å². The first-order valence-electron chi connectivity index (χ1n) is 7.64. The molecule has 0 saturated heterocycles. The number of carbonyl (C=O) groups is 2. The fraction of sp³-hybridized carbons (Fsp3) is 0.353. The zero-order valence-corrected chi connectivity index (χ0v) is 14.4. The second-order valence-electron chi connectivity index (χ2n) is 5.61. The molecule has 0 saturated carbocycles. The lowest BCUT2D eigenvalue weighted by atomic mass is 10.1. The highest BCUT2D eigenvalue weighted by molar-refractivity contribution is 7.13. The van der Waals surface area contributed by atoms with Crippen LogP contribution in [0.2, 0.25) is 0 Å². The van der Waals surface area contributed by atoms with E-state index in [1.54, 1.807) is 30.5 Å². The van der Waals surface area contributed by atoms with Crippen LogP contribution in [0.3, 0.4) is 0 Å². The topological polar surface area (TPSA) is 71.1 Å². The van der Waals surface area contributed by atoms with E-state index in [2.05, 4.69) is 15.6 Å². The molecule has 0 spiro atoms. The molecule has 23 heavy (non-hydrogen) atoms. The molecule has 0 aliphatic rings. The number of nitrogens with one attached hydrogen (secondary N) is 2. The average Bonchev–Trinajstić information content (AvgIpc) is 3.02. The Kier molecular flexibility index (Phi) is 5.87. The van der Waals surface area contributed by atoms with Crippen LogP contribution in [-0.4, -0.2) is 23.3 Å². The van der Waals surface area contributed by atoms with Gasteiger partial charge in [0.2, 0.25) is 0 Å². The van der Waals surface area contributed by atoms with Gasteiger partial charge in [0.25, 0.3) is 11.8 Å². The Morgan fingerprint density at radius 2 is 1.87 bits per heavy atom. The highest BCUT2D eigenvalue weighted by atomic mass is 32.1. The Labute approximate surface area is 140 Å². The molecule has 0 unspecified atom stereocenters. The average molecular weight is 331 g/mol. The van der Waals surface area contributed by atoms with Gasteiger partial charge in [0.05, 0.1) is 11.2 Å². The van der Waals surface area contributed by atoms with E-state index in [0.29, 0.717) is 28.6 Å². The van der Waals surface area contributed by atoms with Gasteiger partial charge in [-0.15, -0.1) is 11.3 Å². The van der Waals surface area contributed by atoms with Crippen LogP contribution in [0.15, 0.2) is 30.5 Å². The summed E-state index contributed by atoms with van der Waals surface area (Å²) in [7, 11) is 0. The molecule has 1 aromatic carbocycles. The van der Waals surface area contributed by atoms with Crippen LogP contribution >= 0.6 is 11.3 Å². The minimum atomic E-state index is -0.181. The summed E-state index contributed by atoms with van der Waals surface area (Å²) in [4.78, 5) is 28.8. The molecular weight excluding hydrogens is 310 g/mol. The van der Waals surface area contributed by atoms with Gasteiger partial charge in [0.1, 0.15) is 4.88 Å². The summed E-state index contributed by atoms with van der Waals surface area (Å²) in [5.74, 6) is 0.121. The van der Waals surface area contributed by atoms with Gasteiger partial charge in [-0.3, -0.25) is 9.59 Å². The number of aromatic nitrogens is 1. The molecule has 0 aliphatic heterocycles. The van der Waals surface area contributed by atoms with Crippen LogP contribution in [0.4, 0.5) is 5.69 Å². The summed E-state index contributed by atoms with van der Waals surface area (Å²) in [6.07, 6.45) is 2.41. The molecule has 6 heteroatoms. The Morgan fingerprint density at radius 1 is 1.17 bits per heavy atom. The molecule has 122 valence electrons. The minimum Gasteiger partial charge on any atom is -0.352 e. The Morgan fingerprint density at radius 3 is 2.43 bits per heavy atom. The normalized spacial score (nSPS) is 10.6. The van der Waals surface area contributed by atoms with Gasteiger partial charge in [0.15, 0.2) is 0 Å². The predicted molar refractivity (Wildman–Crippen MR) is 93.1 cm³/mol. The van der Waals surface area contributed by atoms with Crippen LogP contribution in [0, 0.1) is 5.92 Å². The minimum absolute atomic E-state index is 0.105. The standard InChI is InChI=1S/C17H21N3O2S/c1-4-15-18-10-14(23-15)17(22)20-13-7-5-12(6-8-13)16(21)19-9-11(2)3/h5-8,10-11H,4,9H2,1-3H3,(H,19,21)(H,20,22). The zero-order chi connectivity index (χ0) is 16.8. The molecule has 0 bridgehead atoms. The van der Waals surface area contributed by atoms with Crippen molar-refractivity contribution in [1.29, 1.82) is 0 Å². The second kappa shape index (κ2) is 7.87. The van der Waals surface area contributed by atoms with Gasteiger partial charge in [-0.05, 0) is 36.6 Å². The lowest BCUT2D eigenvalue weighted by molar-refractivity contribution is 0.0948. The van der Waals surface area contributed by atoms with E-state index >= 15 is 0 Å². The van der Waals surface area contributed by atoms with Crippen LogP contribution in [0.1, 0.15) is 45.8 Å². The fourth-order valence-corrected chi connectivity index (χ4v) is 2.63. The Bertz CT molecular complexity index is 677. The van der Waals surface area contributed by atoms with Crippen molar-refractivity contribution in [3.63, 3.8) is 0 Å².